The van der Waals surface area contributed by atoms with Gasteiger partial charge in [-0.2, -0.15) is 0 Å². The fourth-order valence-electron chi connectivity index (χ4n) is 2.28. The number of amides is 1. The fourth-order valence-corrected chi connectivity index (χ4v) is 2.28. The van der Waals surface area contributed by atoms with E-state index in [1.54, 1.807) is 31.3 Å². The zero-order valence-corrected chi connectivity index (χ0v) is 15.7. The molecule has 0 unspecified atom stereocenters. The summed E-state index contributed by atoms with van der Waals surface area (Å²) >= 11 is 0. The molecule has 2 aromatic rings. The lowest BCUT2D eigenvalue weighted by Crippen LogP contribution is -2.36. The molecule has 0 bridgehead atoms. The molecule has 1 amide bonds. The third-order valence-electron chi connectivity index (χ3n) is 4.05. The first-order valence-electron chi connectivity index (χ1n) is 8.58. The van der Waals surface area contributed by atoms with Crippen molar-refractivity contribution in [3.05, 3.63) is 65.2 Å². The molecule has 0 atom stereocenters. The van der Waals surface area contributed by atoms with Crippen LogP contribution in [0.3, 0.4) is 0 Å². The lowest BCUT2D eigenvalue weighted by Gasteiger charge is -2.21. The Hall–Kier alpha value is -2.82. The molecule has 0 aliphatic rings. The van der Waals surface area contributed by atoms with E-state index < -0.39 is 5.97 Å². The number of hydrogen-bond donors (Lipinski definition) is 0. The van der Waals surface area contributed by atoms with Crippen LogP contribution in [-0.4, -0.2) is 36.5 Å². The van der Waals surface area contributed by atoms with E-state index in [2.05, 4.69) is 6.07 Å². The Bertz CT molecular complexity index is 770. The van der Waals surface area contributed by atoms with Crippen LogP contribution in [0.4, 0.5) is 0 Å². The smallest absolute Gasteiger partial charge is 0.338 e. The number of ether oxygens (including phenoxy) is 2. The second-order valence-corrected chi connectivity index (χ2v) is 6.48. The first-order chi connectivity index (χ1) is 12.4. The molecule has 0 aromatic heterocycles. The van der Waals surface area contributed by atoms with Gasteiger partial charge in [0.1, 0.15) is 12.4 Å². The summed E-state index contributed by atoms with van der Waals surface area (Å²) in [5.74, 6) is -0.205. The van der Waals surface area contributed by atoms with E-state index in [0.717, 1.165) is 5.56 Å². The highest BCUT2D eigenvalue weighted by atomic mass is 16.5. The minimum atomic E-state index is -0.545. The van der Waals surface area contributed by atoms with Gasteiger partial charge in [0.2, 0.25) is 0 Å². The minimum absolute atomic E-state index is 0.0551. The summed E-state index contributed by atoms with van der Waals surface area (Å²) in [5, 5.41) is 0. The van der Waals surface area contributed by atoms with Gasteiger partial charge in [-0.3, -0.25) is 4.79 Å². The van der Waals surface area contributed by atoms with Crippen molar-refractivity contribution in [1.29, 1.82) is 0 Å². The van der Waals surface area contributed by atoms with Crippen LogP contribution in [-0.2, 0) is 16.1 Å². The summed E-state index contributed by atoms with van der Waals surface area (Å²) in [6.07, 6.45) is 0. The molecule has 0 radical (unpaired) electrons. The van der Waals surface area contributed by atoms with E-state index >= 15 is 0 Å². The zero-order valence-electron chi connectivity index (χ0n) is 15.7. The summed E-state index contributed by atoms with van der Waals surface area (Å²) in [6, 6.07) is 14.9. The third kappa shape index (κ3) is 5.62. The quantitative estimate of drug-likeness (QED) is 0.712. The molecule has 0 fully saturated rings. The summed E-state index contributed by atoms with van der Waals surface area (Å²) in [4.78, 5) is 25.6. The Morgan fingerprint density at radius 3 is 2.50 bits per heavy atom. The lowest BCUT2D eigenvalue weighted by molar-refractivity contribution is -0.134. The van der Waals surface area contributed by atoms with Gasteiger partial charge in [0.25, 0.3) is 5.91 Å². The minimum Gasteiger partial charge on any atom is -0.489 e. The highest BCUT2D eigenvalue weighted by Crippen LogP contribution is 2.16. The van der Waals surface area contributed by atoms with Gasteiger partial charge in [-0.25, -0.2) is 4.79 Å². The largest absolute Gasteiger partial charge is 0.489 e. The van der Waals surface area contributed by atoms with Gasteiger partial charge in [-0.15, -0.1) is 0 Å². The van der Waals surface area contributed by atoms with Crippen LogP contribution < -0.4 is 4.74 Å². The van der Waals surface area contributed by atoms with Crippen molar-refractivity contribution in [3.63, 3.8) is 0 Å². The van der Waals surface area contributed by atoms with Gasteiger partial charge >= 0.3 is 5.97 Å². The van der Waals surface area contributed by atoms with Crippen molar-refractivity contribution in [2.45, 2.75) is 33.4 Å². The maximum Gasteiger partial charge on any atom is 0.338 e. The number of nitrogens with zero attached hydrogens (tertiary/aromatic N) is 1. The van der Waals surface area contributed by atoms with Crippen LogP contribution in [0.15, 0.2) is 48.5 Å². The van der Waals surface area contributed by atoms with E-state index in [1.165, 1.54) is 10.5 Å². The van der Waals surface area contributed by atoms with Gasteiger partial charge in [0.05, 0.1) is 5.56 Å². The monoisotopic (exact) mass is 355 g/mol. The molecule has 5 heteroatoms. The maximum atomic E-state index is 12.2. The normalized spacial score (nSPS) is 10.5. The van der Waals surface area contributed by atoms with E-state index in [1.807, 2.05) is 39.0 Å². The highest BCUT2D eigenvalue weighted by molar-refractivity contribution is 5.91. The molecule has 138 valence electrons. The van der Waals surface area contributed by atoms with Crippen LogP contribution in [0, 0.1) is 6.92 Å². The van der Waals surface area contributed by atoms with Crippen LogP contribution in [0.2, 0.25) is 0 Å². The molecule has 2 aromatic carbocycles. The van der Waals surface area contributed by atoms with Gasteiger partial charge in [-0.1, -0.05) is 35.9 Å². The predicted octanol–water partition coefficient (Wildman–Crippen LogP) is 3.60. The summed E-state index contributed by atoms with van der Waals surface area (Å²) in [7, 11) is 1.68. The van der Waals surface area contributed by atoms with Crippen molar-refractivity contribution in [1.82, 2.24) is 4.90 Å². The number of benzene rings is 2. The number of esters is 1. The van der Waals surface area contributed by atoms with Gasteiger partial charge in [-0.05, 0) is 44.5 Å². The van der Waals surface area contributed by atoms with Crippen molar-refractivity contribution >= 4 is 11.9 Å². The van der Waals surface area contributed by atoms with Crippen LogP contribution in [0.1, 0.15) is 35.3 Å². The molecule has 0 aliphatic carbocycles. The predicted molar refractivity (Wildman–Crippen MR) is 100 cm³/mol. The zero-order chi connectivity index (χ0) is 19.1. The summed E-state index contributed by atoms with van der Waals surface area (Å²) < 4.78 is 10.9. The standard InChI is InChI=1S/C21H25NO4/c1-15(2)22(4)20(23)14-26-21(24)18-9-6-10-19(12-18)25-13-17-8-5-7-16(3)11-17/h5-12,15H,13-14H2,1-4H3. The average Bonchev–Trinajstić information content (AvgIpc) is 2.63. The molecule has 0 saturated heterocycles. The van der Waals surface area contributed by atoms with Crippen molar-refractivity contribution in [3.8, 4) is 5.75 Å². The lowest BCUT2D eigenvalue weighted by atomic mass is 10.1. The molecular weight excluding hydrogens is 330 g/mol. The van der Waals surface area contributed by atoms with Crippen molar-refractivity contribution in [2.75, 3.05) is 13.7 Å². The number of hydrogen-bond acceptors (Lipinski definition) is 4. The van der Waals surface area contributed by atoms with Crippen LogP contribution in [0.5, 0.6) is 5.75 Å². The molecule has 0 aliphatic heterocycles. The van der Waals surface area contributed by atoms with Crippen LogP contribution >= 0.6 is 0 Å². The van der Waals surface area contributed by atoms with Crippen molar-refractivity contribution < 1.29 is 19.1 Å². The summed E-state index contributed by atoms with van der Waals surface area (Å²) in [6.45, 7) is 5.96. The van der Waals surface area contributed by atoms with Crippen LogP contribution in [0.25, 0.3) is 0 Å². The number of rotatable bonds is 7. The second-order valence-electron chi connectivity index (χ2n) is 6.48. The van der Waals surface area contributed by atoms with E-state index in [0.29, 0.717) is 17.9 Å². The molecule has 0 spiro atoms. The maximum absolute atomic E-state index is 12.2. The number of likely N-dealkylation sites (N-methyl/N-ethyl adjacent to an activating group) is 1. The molecule has 26 heavy (non-hydrogen) atoms. The van der Waals surface area contributed by atoms with Crippen molar-refractivity contribution in [2.24, 2.45) is 0 Å². The Labute approximate surface area is 154 Å². The van der Waals surface area contributed by atoms with Gasteiger partial charge < -0.3 is 14.4 Å². The van der Waals surface area contributed by atoms with Gasteiger partial charge in [0, 0.05) is 13.1 Å². The molecule has 0 saturated carbocycles. The Kier molecular flexibility index (Phi) is 6.78. The number of carbonyl (C=O) groups excluding carboxylic acids is 2. The topological polar surface area (TPSA) is 55.8 Å². The SMILES string of the molecule is Cc1cccc(COc2cccc(C(=O)OCC(=O)N(C)C(C)C)c2)c1. The Morgan fingerprint density at radius 1 is 1.08 bits per heavy atom. The average molecular weight is 355 g/mol. The number of aryl methyl sites for hydroxylation is 1. The first kappa shape index (κ1) is 19.5. The highest BCUT2D eigenvalue weighted by Gasteiger charge is 2.15. The molecule has 0 heterocycles. The second kappa shape index (κ2) is 9.04. The molecule has 0 N–H and O–H groups in total. The van der Waals surface area contributed by atoms with E-state index in [4.69, 9.17) is 9.47 Å². The van der Waals surface area contributed by atoms with E-state index in [-0.39, 0.29) is 18.6 Å². The molecular formula is C21H25NO4. The Morgan fingerprint density at radius 2 is 1.81 bits per heavy atom. The molecule has 2 rings (SSSR count). The Balaban J connectivity index is 1.93. The summed E-state index contributed by atoms with van der Waals surface area (Å²) in [5.41, 5.74) is 2.58. The van der Waals surface area contributed by atoms with Gasteiger partial charge in [0.15, 0.2) is 6.61 Å². The molecule has 5 nitrogen and oxygen atoms in total. The fraction of sp³-hybridized carbons (Fsp3) is 0.333. The van der Waals surface area contributed by atoms with E-state index in [9.17, 15) is 9.59 Å². The third-order valence-corrected chi connectivity index (χ3v) is 4.05. The first-order valence-corrected chi connectivity index (χ1v) is 8.58. The number of carbonyl (C=O) groups is 2.